The van der Waals surface area contributed by atoms with E-state index in [1.165, 1.54) is 26.4 Å². The Labute approximate surface area is 124 Å². The molecular formula is C14H22N2O5. The Hall–Kier alpha value is -2.02. The predicted octanol–water partition coefficient (Wildman–Crippen LogP) is 2.43. The van der Waals surface area contributed by atoms with Crippen LogP contribution in [0.1, 0.15) is 20.3 Å². The fourth-order valence-electron chi connectivity index (χ4n) is 2.02. The Morgan fingerprint density at radius 2 is 1.86 bits per heavy atom. The molecule has 0 fully saturated rings. The van der Waals surface area contributed by atoms with Gasteiger partial charge in [-0.05, 0) is 12.3 Å². The van der Waals surface area contributed by atoms with Crippen LogP contribution in [0.25, 0.3) is 0 Å². The summed E-state index contributed by atoms with van der Waals surface area (Å²) in [7, 11) is 2.88. The highest BCUT2D eigenvalue weighted by atomic mass is 16.6. The van der Waals surface area contributed by atoms with Crippen molar-refractivity contribution in [1.82, 2.24) is 0 Å². The lowest BCUT2D eigenvalue weighted by atomic mass is 10.1. The van der Waals surface area contributed by atoms with Crippen LogP contribution in [-0.2, 0) is 0 Å². The maximum atomic E-state index is 11.1. The van der Waals surface area contributed by atoms with Crippen molar-refractivity contribution in [1.29, 1.82) is 0 Å². The second-order valence-corrected chi connectivity index (χ2v) is 5.15. The summed E-state index contributed by atoms with van der Waals surface area (Å²) in [6.07, 6.45) is 0.0476. The van der Waals surface area contributed by atoms with Gasteiger partial charge in [-0.15, -0.1) is 0 Å². The second kappa shape index (κ2) is 7.68. The molecule has 0 amide bonds. The summed E-state index contributed by atoms with van der Waals surface area (Å²) in [6, 6.07) is 2.80. The first kappa shape index (κ1) is 17.0. The van der Waals surface area contributed by atoms with Gasteiger partial charge in [0.1, 0.15) is 5.69 Å². The zero-order valence-corrected chi connectivity index (χ0v) is 12.8. The van der Waals surface area contributed by atoms with Crippen LogP contribution >= 0.6 is 0 Å². The molecule has 1 aromatic carbocycles. The van der Waals surface area contributed by atoms with Gasteiger partial charge >= 0.3 is 0 Å². The monoisotopic (exact) mass is 298 g/mol. The van der Waals surface area contributed by atoms with Crippen molar-refractivity contribution in [3.05, 3.63) is 22.2 Å². The van der Waals surface area contributed by atoms with Crippen LogP contribution in [0, 0.1) is 16.0 Å². The summed E-state index contributed by atoms with van der Waals surface area (Å²) >= 11 is 0. The zero-order valence-electron chi connectivity index (χ0n) is 12.8. The maximum absolute atomic E-state index is 11.1. The topological polar surface area (TPSA) is 93.9 Å². The van der Waals surface area contributed by atoms with E-state index in [-0.39, 0.29) is 18.0 Å². The minimum Gasteiger partial charge on any atom is -0.493 e. The highest BCUT2D eigenvalue weighted by Crippen LogP contribution is 2.37. The van der Waals surface area contributed by atoms with Crippen molar-refractivity contribution in [2.75, 3.05) is 26.1 Å². The smallest absolute Gasteiger partial charge is 0.296 e. The van der Waals surface area contributed by atoms with Crippen molar-refractivity contribution in [3.8, 4) is 11.5 Å². The van der Waals surface area contributed by atoms with Gasteiger partial charge in [0.25, 0.3) is 5.69 Å². The molecule has 0 saturated heterocycles. The fraction of sp³-hybridized carbons (Fsp3) is 0.571. The number of hydrogen-bond donors (Lipinski definition) is 2. The van der Waals surface area contributed by atoms with E-state index < -0.39 is 11.0 Å². The van der Waals surface area contributed by atoms with E-state index in [1.54, 1.807) is 0 Å². The third-order valence-electron chi connectivity index (χ3n) is 2.97. The summed E-state index contributed by atoms with van der Waals surface area (Å²) in [5.41, 5.74) is 0.171. The number of benzene rings is 1. The third kappa shape index (κ3) is 4.78. The van der Waals surface area contributed by atoms with E-state index in [0.717, 1.165) is 0 Å². The van der Waals surface area contributed by atoms with Gasteiger partial charge in [0.2, 0.25) is 0 Å². The normalized spacial score (nSPS) is 12.1. The molecule has 7 heteroatoms. The van der Waals surface area contributed by atoms with E-state index >= 15 is 0 Å². The lowest BCUT2D eigenvalue weighted by Gasteiger charge is -2.16. The molecule has 1 aromatic rings. The van der Waals surface area contributed by atoms with E-state index in [2.05, 4.69) is 5.32 Å². The Bertz CT molecular complexity index is 490. The molecule has 21 heavy (non-hydrogen) atoms. The highest BCUT2D eigenvalue weighted by molar-refractivity contribution is 5.68. The number of hydrogen-bond acceptors (Lipinski definition) is 6. The molecule has 0 heterocycles. The van der Waals surface area contributed by atoms with Crippen LogP contribution in [0.5, 0.6) is 11.5 Å². The van der Waals surface area contributed by atoms with Crippen LogP contribution in [-0.4, -0.2) is 36.9 Å². The first-order chi connectivity index (χ1) is 9.88. The Morgan fingerprint density at radius 1 is 1.29 bits per heavy atom. The van der Waals surface area contributed by atoms with Gasteiger partial charge in [-0.25, -0.2) is 0 Å². The molecule has 1 atom stereocenters. The third-order valence-corrected chi connectivity index (χ3v) is 2.97. The van der Waals surface area contributed by atoms with E-state index in [4.69, 9.17) is 9.47 Å². The molecule has 118 valence electrons. The average molecular weight is 298 g/mol. The molecule has 1 rings (SSSR count). The summed E-state index contributed by atoms with van der Waals surface area (Å²) in [5.74, 6) is 1.03. The van der Waals surface area contributed by atoms with Gasteiger partial charge in [0.15, 0.2) is 11.5 Å². The van der Waals surface area contributed by atoms with Gasteiger partial charge in [-0.2, -0.15) is 0 Å². The van der Waals surface area contributed by atoms with Crippen LogP contribution in [0.15, 0.2) is 12.1 Å². The number of nitro benzene ring substituents is 1. The molecule has 0 aliphatic heterocycles. The highest BCUT2D eigenvalue weighted by Gasteiger charge is 2.20. The van der Waals surface area contributed by atoms with Gasteiger partial charge in [0, 0.05) is 12.6 Å². The molecule has 0 bridgehead atoms. The molecule has 7 nitrogen and oxygen atoms in total. The average Bonchev–Trinajstić information content (AvgIpc) is 2.43. The number of nitro groups is 1. The molecule has 0 radical (unpaired) electrons. The molecule has 0 aliphatic carbocycles. The summed E-state index contributed by atoms with van der Waals surface area (Å²) < 4.78 is 10.2. The predicted molar refractivity (Wildman–Crippen MR) is 80.2 cm³/mol. The van der Waals surface area contributed by atoms with Crippen molar-refractivity contribution in [3.63, 3.8) is 0 Å². The number of nitrogens with zero attached hydrogens (tertiary/aromatic N) is 1. The molecule has 0 saturated carbocycles. The van der Waals surface area contributed by atoms with Crippen LogP contribution in [0.4, 0.5) is 11.4 Å². The van der Waals surface area contributed by atoms with Gasteiger partial charge in [0.05, 0.1) is 31.3 Å². The second-order valence-electron chi connectivity index (χ2n) is 5.15. The van der Waals surface area contributed by atoms with Crippen molar-refractivity contribution in [2.45, 2.75) is 26.4 Å². The van der Waals surface area contributed by atoms with Crippen LogP contribution in [0.2, 0.25) is 0 Å². The van der Waals surface area contributed by atoms with Crippen molar-refractivity contribution < 1.29 is 19.5 Å². The molecule has 0 aromatic heterocycles. The molecular weight excluding hydrogens is 276 g/mol. The lowest BCUT2D eigenvalue weighted by Crippen LogP contribution is -2.21. The zero-order chi connectivity index (χ0) is 16.0. The Morgan fingerprint density at radius 3 is 2.33 bits per heavy atom. The van der Waals surface area contributed by atoms with E-state index in [0.29, 0.717) is 23.8 Å². The Kier molecular flexibility index (Phi) is 6.23. The van der Waals surface area contributed by atoms with E-state index in [1.807, 2.05) is 13.8 Å². The quantitative estimate of drug-likeness (QED) is 0.565. The lowest BCUT2D eigenvalue weighted by molar-refractivity contribution is -0.384. The Balaban J connectivity index is 2.96. The summed E-state index contributed by atoms with van der Waals surface area (Å²) in [6.45, 7) is 4.23. The first-order valence-electron chi connectivity index (χ1n) is 6.71. The number of anilines is 1. The molecule has 2 N–H and O–H groups in total. The van der Waals surface area contributed by atoms with Crippen molar-refractivity contribution in [2.24, 2.45) is 5.92 Å². The largest absolute Gasteiger partial charge is 0.493 e. The van der Waals surface area contributed by atoms with Gasteiger partial charge in [-0.3, -0.25) is 10.1 Å². The standard InChI is InChI=1S/C14H22N2O5/c1-9(2)5-10(17)8-15-11-6-13(20-3)14(21-4)7-12(11)16(18)19/h6-7,9-10,15,17H,5,8H2,1-4H3. The number of rotatable bonds is 8. The number of aliphatic hydroxyl groups excluding tert-OH is 1. The van der Waals surface area contributed by atoms with Crippen LogP contribution in [0.3, 0.4) is 0 Å². The minimum absolute atomic E-state index is 0.121. The fourth-order valence-corrected chi connectivity index (χ4v) is 2.02. The van der Waals surface area contributed by atoms with Gasteiger partial charge < -0.3 is 19.9 Å². The minimum atomic E-state index is -0.572. The van der Waals surface area contributed by atoms with Crippen LogP contribution < -0.4 is 14.8 Å². The number of ether oxygens (including phenoxy) is 2. The summed E-state index contributed by atoms with van der Waals surface area (Å²) in [4.78, 5) is 10.6. The van der Waals surface area contributed by atoms with Gasteiger partial charge in [-0.1, -0.05) is 13.8 Å². The van der Waals surface area contributed by atoms with E-state index in [9.17, 15) is 15.2 Å². The molecule has 0 aliphatic rings. The maximum Gasteiger partial charge on any atom is 0.296 e. The number of nitrogens with one attached hydrogen (secondary N) is 1. The number of methoxy groups -OCH3 is 2. The summed E-state index contributed by atoms with van der Waals surface area (Å²) in [5, 5.41) is 23.9. The SMILES string of the molecule is COc1cc(NCC(O)CC(C)C)c([N+](=O)[O-])cc1OC. The molecule has 1 unspecified atom stereocenters. The number of aliphatic hydroxyl groups is 1. The first-order valence-corrected chi connectivity index (χ1v) is 6.71. The van der Waals surface area contributed by atoms with Crippen molar-refractivity contribution >= 4 is 11.4 Å². The molecule has 0 spiro atoms.